The van der Waals surface area contributed by atoms with E-state index in [1.165, 1.54) is 77.0 Å². The van der Waals surface area contributed by atoms with Gasteiger partial charge in [0.2, 0.25) is 0 Å². The van der Waals surface area contributed by atoms with Crippen LogP contribution in [0, 0.1) is 52.0 Å². The molecule has 10 aromatic rings. The van der Waals surface area contributed by atoms with Crippen LogP contribution in [0.5, 0.6) is 23.0 Å². The Morgan fingerprint density at radius 3 is 1.39 bits per heavy atom. The Morgan fingerprint density at radius 1 is 0.511 bits per heavy atom. The maximum atomic E-state index is 11.9. The van der Waals surface area contributed by atoms with Crippen LogP contribution in [-0.4, -0.2) is 20.9 Å². The van der Waals surface area contributed by atoms with Crippen LogP contribution in [0.2, 0.25) is 0 Å². The minimum atomic E-state index is -0.248. The van der Waals surface area contributed by atoms with Crippen LogP contribution in [0.4, 0.5) is 0 Å². The van der Waals surface area contributed by atoms with E-state index in [1.54, 1.807) is 0 Å². The molecule has 1 radical (unpaired) electrons. The standard InChI is InChI=1S/C34H34NO.C33H32NO.C14H26O2.Ir/c1-20-11-12-23-22(15-20)16-27-31-30-25(13-14-35-31)24-10-8-9-21(18-33(2,3)4)26(24)17-29(30)36-32(27)28(23)19-34(5,6)7;1-32(2,3)18-21-11-9-13-23-24-14-15-34-30-26-16-20-10-7-8-12-22(20)27(19-33(4,5)6)31(26)35-28(29(24)30)17-25(21)23;1-6-11(7-2)12(15)10-13(16)14(5,8-3)9-4;/h8-15,17H,18-19H2,1-7H3;7-15,17H,18-19H2,1-6H3;10-11,16H,6-9H2,1-5H3;/q2*-1;;/b;;13-10-;. The molecule has 0 saturated carbocycles. The fraction of sp³-hybridized carbons (Fsp3) is 0.395. The van der Waals surface area contributed by atoms with Crippen molar-refractivity contribution in [3.05, 3.63) is 167 Å². The van der Waals surface area contributed by atoms with Crippen LogP contribution < -0.4 is 9.47 Å². The summed E-state index contributed by atoms with van der Waals surface area (Å²) in [6, 6.07) is 44.7. The molecule has 12 rings (SSSR count). The summed E-state index contributed by atoms with van der Waals surface area (Å²) < 4.78 is 13.7. The third kappa shape index (κ3) is 13.5. The van der Waals surface area contributed by atoms with E-state index < -0.39 is 0 Å². The molecule has 88 heavy (non-hydrogen) atoms. The summed E-state index contributed by atoms with van der Waals surface area (Å²) >= 11 is 0. The molecule has 7 heteroatoms. The molecule has 0 aliphatic carbocycles. The van der Waals surface area contributed by atoms with E-state index in [0.29, 0.717) is 0 Å². The summed E-state index contributed by atoms with van der Waals surface area (Å²) in [6.07, 6.45) is 12.6. The van der Waals surface area contributed by atoms with Crippen molar-refractivity contribution in [1.82, 2.24) is 9.97 Å². The Bertz CT molecular complexity index is 4320. The number of allylic oxidation sites excluding steroid dienone is 2. The summed E-state index contributed by atoms with van der Waals surface area (Å²) in [5.41, 5.74) is 10.7. The molecule has 4 heterocycles. The van der Waals surface area contributed by atoms with Crippen molar-refractivity contribution in [3.63, 3.8) is 0 Å². The average Bonchev–Trinajstić information content (AvgIpc) is 1.04. The SMILES string of the molecule is CC(C)(C)Cc1c2c([c-]c3ccccc13)-c1nccc3c1c(cc1c(CC(C)(C)C)cccc13)O2.CCC(CC)C(=O)/C=C(\O)C(C)(CC)CC.Cc1ccc2c(CC(C)(C)C)c3c([c-]c2c1)-c1nccc2c1c(cc1c(CC(C)(C)C)cccc12)O3.[Ir]. The maximum absolute atomic E-state index is 11.9. The summed E-state index contributed by atoms with van der Waals surface area (Å²) in [7, 11) is 0. The number of pyridine rings is 2. The predicted octanol–water partition coefficient (Wildman–Crippen LogP) is 23.1. The number of aliphatic hydroxyl groups is 1. The van der Waals surface area contributed by atoms with E-state index in [0.717, 1.165) is 118 Å². The van der Waals surface area contributed by atoms with Gasteiger partial charge in [-0.15, -0.1) is 35.0 Å². The Kier molecular flexibility index (Phi) is 18.7. The molecule has 0 amide bonds. The maximum Gasteiger partial charge on any atom is 0.162 e. The Balaban J connectivity index is 0.000000168. The first-order valence-corrected chi connectivity index (χ1v) is 32.0. The van der Waals surface area contributed by atoms with Crippen LogP contribution in [0.25, 0.3) is 87.1 Å². The van der Waals surface area contributed by atoms with Gasteiger partial charge in [-0.3, -0.25) is 14.8 Å². The second-order valence-corrected chi connectivity index (χ2v) is 30.0. The van der Waals surface area contributed by atoms with Crippen molar-refractivity contribution < 1.29 is 39.5 Å². The number of carbonyl (C=O) groups is 1. The molecular weight excluding hydrogens is 1260 g/mol. The number of carbonyl (C=O) groups excluding carboxylic acids is 1. The summed E-state index contributed by atoms with van der Waals surface area (Å²) in [4.78, 5) is 21.7. The van der Waals surface area contributed by atoms with E-state index in [-0.39, 0.29) is 64.6 Å². The third-order valence-corrected chi connectivity index (χ3v) is 17.8. The third-order valence-electron chi connectivity index (χ3n) is 17.8. The van der Waals surface area contributed by atoms with Gasteiger partial charge in [0.25, 0.3) is 0 Å². The number of benzene rings is 8. The molecule has 0 unspecified atom stereocenters. The number of hydrogen-bond donors (Lipinski definition) is 1. The minimum Gasteiger partial charge on any atom is -0.512 e. The van der Waals surface area contributed by atoms with Gasteiger partial charge in [-0.25, -0.2) is 0 Å². The molecule has 2 aromatic heterocycles. The molecule has 6 nitrogen and oxygen atoms in total. The summed E-state index contributed by atoms with van der Waals surface area (Å²) in [5.74, 6) is 4.01. The summed E-state index contributed by atoms with van der Waals surface area (Å²) in [6.45, 7) is 39.7. The second-order valence-electron chi connectivity index (χ2n) is 30.0. The normalized spacial score (nSPS) is 13.1. The second kappa shape index (κ2) is 25.2. The van der Waals surface area contributed by atoms with Crippen molar-refractivity contribution in [2.24, 2.45) is 33.0 Å². The largest absolute Gasteiger partial charge is 0.512 e. The van der Waals surface area contributed by atoms with Crippen LogP contribution in [0.15, 0.2) is 127 Å². The number of aryl methyl sites for hydroxylation is 1. The fourth-order valence-corrected chi connectivity index (χ4v) is 13.0. The summed E-state index contributed by atoms with van der Waals surface area (Å²) in [5, 5.41) is 24.3. The topological polar surface area (TPSA) is 81.5 Å². The average molecular weight is 1350 g/mol. The minimum absolute atomic E-state index is 0. The van der Waals surface area contributed by atoms with Crippen LogP contribution in [0.3, 0.4) is 0 Å². The molecule has 8 aromatic carbocycles. The van der Waals surface area contributed by atoms with Crippen molar-refractivity contribution in [2.45, 2.75) is 176 Å². The van der Waals surface area contributed by atoms with E-state index in [9.17, 15) is 9.90 Å². The Hall–Kier alpha value is -6.92. The van der Waals surface area contributed by atoms with Crippen LogP contribution >= 0.6 is 0 Å². The van der Waals surface area contributed by atoms with Crippen molar-refractivity contribution >= 4 is 70.4 Å². The quantitative estimate of drug-likeness (QED) is 0.0601. The van der Waals surface area contributed by atoms with E-state index in [1.807, 2.05) is 47.0 Å². The molecular formula is C81H92IrN2O4-2. The van der Waals surface area contributed by atoms with Gasteiger partial charge in [0.1, 0.15) is 17.3 Å². The molecule has 2 aliphatic rings. The zero-order chi connectivity index (χ0) is 62.7. The molecule has 0 saturated heterocycles. The number of ether oxygens (including phenoxy) is 2. The first kappa shape index (κ1) is 65.5. The molecule has 0 atom stereocenters. The van der Waals surface area contributed by atoms with Gasteiger partial charge in [0, 0.05) is 72.1 Å². The molecule has 0 spiro atoms. The number of hydrogen-bond acceptors (Lipinski definition) is 6. The Morgan fingerprint density at radius 2 is 0.943 bits per heavy atom. The van der Waals surface area contributed by atoms with E-state index in [4.69, 9.17) is 19.4 Å². The smallest absolute Gasteiger partial charge is 0.162 e. The van der Waals surface area contributed by atoms with Gasteiger partial charge < -0.3 is 14.6 Å². The number of rotatable bonds is 11. The van der Waals surface area contributed by atoms with Crippen molar-refractivity contribution in [1.29, 1.82) is 0 Å². The van der Waals surface area contributed by atoms with Crippen molar-refractivity contribution in [3.8, 4) is 45.5 Å². The monoisotopic (exact) mass is 1350 g/mol. The molecule has 2 aliphatic heterocycles. The molecule has 0 bridgehead atoms. The number of ketones is 1. The molecule has 461 valence electrons. The first-order chi connectivity index (χ1) is 41.0. The zero-order valence-corrected chi connectivity index (χ0v) is 58.1. The van der Waals surface area contributed by atoms with Gasteiger partial charge in [0.15, 0.2) is 5.78 Å². The van der Waals surface area contributed by atoms with Gasteiger partial charge in [-0.05, 0) is 148 Å². The number of aliphatic hydroxyl groups excluding tert-OH is 1. The van der Waals surface area contributed by atoms with Crippen LogP contribution in [-0.2, 0) is 50.6 Å². The van der Waals surface area contributed by atoms with E-state index >= 15 is 0 Å². The van der Waals surface area contributed by atoms with Gasteiger partial charge in [0.05, 0.1) is 11.5 Å². The first-order valence-electron chi connectivity index (χ1n) is 32.0. The van der Waals surface area contributed by atoms with Crippen LogP contribution in [0.1, 0.15) is 171 Å². The van der Waals surface area contributed by atoms with E-state index in [2.05, 4.69) is 205 Å². The number of fused-ring (bicyclic) bond motifs is 10. The Labute approximate surface area is 538 Å². The predicted molar refractivity (Wildman–Crippen MR) is 368 cm³/mol. The number of nitrogens with zero attached hydrogens (tertiary/aromatic N) is 2. The van der Waals surface area contributed by atoms with Gasteiger partial charge in [-0.1, -0.05) is 223 Å². The molecule has 0 fully saturated rings. The van der Waals surface area contributed by atoms with Gasteiger partial charge in [-0.2, -0.15) is 0 Å². The van der Waals surface area contributed by atoms with Crippen molar-refractivity contribution in [2.75, 3.05) is 0 Å². The molecule has 1 N–H and O–H groups in total. The zero-order valence-electron chi connectivity index (χ0n) is 55.7. The fourth-order valence-electron chi connectivity index (χ4n) is 13.0. The van der Waals surface area contributed by atoms with Gasteiger partial charge >= 0.3 is 0 Å². The number of aromatic nitrogens is 2.